The van der Waals surface area contributed by atoms with Crippen molar-refractivity contribution < 1.29 is 13.2 Å². The molecular formula is C16H18AsNO3S. The van der Waals surface area contributed by atoms with Gasteiger partial charge in [-0.2, -0.15) is 0 Å². The van der Waals surface area contributed by atoms with Crippen molar-refractivity contribution in [1.82, 2.24) is 0 Å². The van der Waals surface area contributed by atoms with E-state index in [0.29, 0.717) is 27.0 Å². The molecule has 0 aliphatic carbocycles. The summed E-state index contributed by atoms with van der Waals surface area (Å²) in [5.41, 5.74) is 0.619. The van der Waals surface area contributed by atoms with E-state index in [2.05, 4.69) is 11.9 Å². The first kappa shape index (κ1) is 18.2. The fourth-order valence-electron chi connectivity index (χ4n) is 1.43. The van der Waals surface area contributed by atoms with Gasteiger partial charge in [0.25, 0.3) is 0 Å². The van der Waals surface area contributed by atoms with Crippen LogP contribution in [0.1, 0.15) is 6.92 Å². The Balaban J connectivity index is 0.000000335. The molecule has 0 bridgehead atoms. The second kappa shape index (κ2) is 8.56. The molecule has 4 nitrogen and oxygen atoms in total. The zero-order valence-electron chi connectivity index (χ0n) is 12.2. The number of nitrogens with one attached hydrogen (secondary N) is 1. The van der Waals surface area contributed by atoms with Gasteiger partial charge in [0.1, 0.15) is 0 Å². The smallest absolute Gasteiger partial charge is 0.0623 e. The van der Waals surface area contributed by atoms with Gasteiger partial charge >= 0.3 is 102 Å². The van der Waals surface area contributed by atoms with E-state index in [0.717, 1.165) is 0 Å². The van der Waals surface area contributed by atoms with Crippen LogP contribution in [0.2, 0.25) is 0 Å². The number of amides is 1. The zero-order valence-corrected chi connectivity index (χ0v) is 15.4. The quantitative estimate of drug-likeness (QED) is 0.657. The van der Waals surface area contributed by atoms with Gasteiger partial charge in [-0.3, -0.25) is 0 Å². The molecule has 2 rings (SSSR count). The van der Waals surface area contributed by atoms with Crippen LogP contribution in [-0.4, -0.2) is 30.0 Å². The van der Waals surface area contributed by atoms with Gasteiger partial charge in [0.2, 0.25) is 0 Å². The third kappa shape index (κ3) is 6.29. The van der Waals surface area contributed by atoms with Gasteiger partial charge in [0.15, 0.2) is 0 Å². The molecule has 0 aromatic heterocycles. The van der Waals surface area contributed by atoms with Crippen LogP contribution >= 0.6 is 0 Å². The molecule has 0 aliphatic rings. The Bertz CT molecular complexity index is 716. The Kier molecular flexibility index (Phi) is 7.09. The SMILES string of the molecule is C=C(C)C(=O)Nc1ccccc1S(=O)(=O)[AsH2].c1ccccc1. The van der Waals surface area contributed by atoms with Crippen LogP contribution in [0.3, 0.4) is 0 Å². The Morgan fingerprint density at radius 3 is 1.86 bits per heavy atom. The molecule has 0 saturated heterocycles. The summed E-state index contributed by atoms with van der Waals surface area (Å²) in [4.78, 5) is 11.5. The van der Waals surface area contributed by atoms with Crippen LogP contribution in [0.4, 0.5) is 5.69 Å². The summed E-state index contributed by atoms with van der Waals surface area (Å²) in [6.07, 6.45) is 0. The summed E-state index contributed by atoms with van der Waals surface area (Å²) in [6.45, 7) is 5.04. The van der Waals surface area contributed by atoms with Crippen molar-refractivity contribution in [1.29, 1.82) is 0 Å². The van der Waals surface area contributed by atoms with Crippen molar-refractivity contribution in [2.24, 2.45) is 0 Å². The van der Waals surface area contributed by atoms with Crippen LogP contribution in [0.15, 0.2) is 77.7 Å². The number of para-hydroxylation sites is 1. The van der Waals surface area contributed by atoms with Crippen molar-refractivity contribution in [2.45, 2.75) is 11.8 Å². The van der Waals surface area contributed by atoms with Gasteiger partial charge in [-0.1, -0.05) is 36.4 Å². The number of carbonyl (C=O) groups excluding carboxylic acids is 1. The molecule has 2 aromatic carbocycles. The van der Waals surface area contributed by atoms with Gasteiger partial charge in [-0.15, -0.1) is 0 Å². The maximum Gasteiger partial charge on any atom is -0.0623 e. The molecule has 2 aromatic rings. The van der Waals surface area contributed by atoms with E-state index in [1.807, 2.05) is 36.4 Å². The van der Waals surface area contributed by atoms with E-state index in [-0.39, 0.29) is 10.8 Å². The molecule has 0 saturated carbocycles. The average molecular weight is 379 g/mol. The molecule has 0 radical (unpaired) electrons. The fraction of sp³-hybridized carbons (Fsp3) is 0.0625. The van der Waals surface area contributed by atoms with E-state index >= 15 is 0 Å². The van der Waals surface area contributed by atoms with Gasteiger partial charge < -0.3 is 0 Å². The minimum atomic E-state index is -3.29. The maximum absolute atomic E-state index is 11.5. The number of carbonyl (C=O) groups is 1. The summed E-state index contributed by atoms with van der Waals surface area (Å²) in [6, 6.07) is 18.3. The summed E-state index contributed by atoms with van der Waals surface area (Å²) in [7, 11) is -3.29. The van der Waals surface area contributed by atoms with Crippen LogP contribution in [0, 0.1) is 0 Å². The van der Waals surface area contributed by atoms with E-state index < -0.39 is 8.10 Å². The first-order valence-electron chi connectivity index (χ1n) is 6.41. The number of hydrogen-bond acceptors (Lipinski definition) is 3. The summed E-state index contributed by atoms with van der Waals surface area (Å²) >= 11 is 0.607. The molecule has 6 heteroatoms. The van der Waals surface area contributed by atoms with Gasteiger partial charge in [-0.25, -0.2) is 0 Å². The molecule has 1 amide bonds. The van der Waals surface area contributed by atoms with E-state index in [4.69, 9.17) is 0 Å². The maximum atomic E-state index is 11.5. The minimum absolute atomic E-state index is 0.129. The van der Waals surface area contributed by atoms with E-state index in [1.54, 1.807) is 25.1 Å². The molecule has 22 heavy (non-hydrogen) atoms. The third-order valence-corrected chi connectivity index (χ3v) is 5.06. The molecule has 1 atom stereocenters. The average Bonchev–Trinajstić information content (AvgIpc) is 2.49. The summed E-state index contributed by atoms with van der Waals surface area (Å²) < 4.78 is 22.9. The largest absolute Gasteiger partial charge is 0.0623 e. The van der Waals surface area contributed by atoms with Crippen molar-refractivity contribution in [3.8, 4) is 0 Å². The van der Waals surface area contributed by atoms with Crippen molar-refractivity contribution >= 4 is 35.4 Å². The number of anilines is 1. The van der Waals surface area contributed by atoms with E-state index in [1.165, 1.54) is 6.07 Å². The van der Waals surface area contributed by atoms with Crippen LogP contribution in [0.5, 0.6) is 0 Å². The standard InChI is InChI=1S/C10H12AsNO3S.C6H6/c1-7(2)10(13)12-8-5-3-4-6-9(8)16(11,14)15;1-2-4-6-5-3-1/h3-6H,1,11H2,2H3,(H,12,13);1-6H. The van der Waals surface area contributed by atoms with E-state index in [9.17, 15) is 13.2 Å². The predicted molar refractivity (Wildman–Crippen MR) is 92.1 cm³/mol. The molecule has 0 aliphatic heterocycles. The third-order valence-electron chi connectivity index (χ3n) is 2.50. The van der Waals surface area contributed by atoms with Crippen molar-refractivity contribution in [3.63, 3.8) is 0 Å². The van der Waals surface area contributed by atoms with Crippen LogP contribution in [0.25, 0.3) is 0 Å². The summed E-state index contributed by atoms with van der Waals surface area (Å²) in [5, 5.41) is 2.51. The molecule has 1 N–H and O–H groups in total. The second-order valence-electron chi connectivity index (χ2n) is 4.43. The molecule has 0 spiro atoms. The van der Waals surface area contributed by atoms with Crippen LogP contribution < -0.4 is 5.32 Å². The van der Waals surface area contributed by atoms with Gasteiger partial charge in [0.05, 0.1) is 0 Å². The Labute approximate surface area is 138 Å². The van der Waals surface area contributed by atoms with Crippen LogP contribution in [-0.2, 0) is 12.9 Å². The number of benzene rings is 2. The van der Waals surface area contributed by atoms with Gasteiger partial charge in [-0.05, 0) is 0 Å². The predicted octanol–water partition coefficient (Wildman–Crippen LogP) is 2.21. The monoisotopic (exact) mass is 379 g/mol. The topological polar surface area (TPSA) is 63.2 Å². The molecular weight excluding hydrogens is 361 g/mol. The molecule has 0 heterocycles. The summed E-state index contributed by atoms with van der Waals surface area (Å²) in [5.74, 6) is -0.386. The first-order valence-corrected chi connectivity index (χ1v) is 10.9. The van der Waals surface area contributed by atoms with Crippen molar-refractivity contribution in [3.05, 3.63) is 72.8 Å². The molecule has 1 unspecified atom stereocenters. The fourth-order valence-corrected chi connectivity index (χ4v) is 3.42. The molecule has 116 valence electrons. The number of hydrogen-bond donors (Lipinski definition) is 1. The zero-order chi connectivity index (χ0) is 16.6. The van der Waals surface area contributed by atoms with Crippen molar-refractivity contribution in [2.75, 3.05) is 5.32 Å². The minimum Gasteiger partial charge on any atom is -0.0623 e. The van der Waals surface area contributed by atoms with Gasteiger partial charge in [0, 0.05) is 0 Å². The first-order chi connectivity index (χ1) is 10.3. The Morgan fingerprint density at radius 2 is 1.45 bits per heavy atom. The molecule has 0 fully saturated rings. The Morgan fingerprint density at radius 1 is 1.00 bits per heavy atom. The normalized spacial score (nSPS) is 10.1. The number of rotatable bonds is 3. The second-order valence-corrected chi connectivity index (χ2v) is 9.87. The Hall–Kier alpha value is -1.84.